The van der Waals surface area contributed by atoms with Crippen LogP contribution in [0.3, 0.4) is 0 Å². The molecule has 1 saturated carbocycles. The molecule has 5 nitrogen and oxygen atoms in total. The summed E-state index contributed by atoms with van der Waals surface area (Å²) >= 11 is 0. The van der Waals surface area contributed by atoms with Crippen LogP contribution in [-0.4, -0.2) is 19.6 Å². The second-order valence-electron chi connectivity index (χ2n) is 4.67. The molecule has 0 spiro atoms. The summed E-state index contributed by atoms with van der Waals surface area (Å²) in [6.07, 6.45) is 3.14. The number of aryl methyl sites for hydroxylation is 2. The van der Waals surface area contributed by atoms with Crippen molar-refractivity contribution in [1.82, 2.24) is 19.6 Å². The van der Waals surface area contributed by atoms with Crippen LogP contribution in [0.4, 0.5) is 0 Å². The molecule has 1 fully saturated rings. The van der Waals surface area contributed by atoms with Gasteiger partial charge in [-0.25, -0.2) is 4.98 Å². The van der Waals surface area contributed by atoms with Gasteiger partial charge in [0.2, 0.25) is 0 Å². The highest BCUT2D eigenvalue weighted by atomic mass is 15.3. The lowest BCUT2D eigenvalue weighted by Gasteiger charge is -2.36. The first kappa shape index (κ1) is 9.72. The summed E-state index contributed by atoms with van der Waals surface area (Å²) in [6.45, 7) is 3.93. The van der Waals surface area contributed by atoms with E-state index in [1.165, 1.54) is 6.42 Å². The van der Waals surface area contributed by atoms with E-state index >= 15 is 0 Å². The number of aromatic nitrogens is 4. The van der Waals surface area contributed by atoms with Gasteiger partial charge in [-0.05, 0) is 33.1 Å². The smallest absolute Gasteiger partial charge is 0.164 e. The van der Waals surface area contributed by atoms with Crippen molar-refractivity contribution in [3.8, 4) is 0 Å². The highest BCUT2D eigenvalue weighted by Gasteiger charge is 2.39. The first-order valence-corrected chi connectivity index (χ1v) is 5.59. The van der Waals surface area contributed by atoms with E-state index in [0.29, 0.717) is 0 Å². The molecule has 0 radical (unpaired) electrons. The lowest BCUT2D eigenvalue weighted by Crippen LogP contribution is -2.45. The fraction of sp³-hybridized carbons (Fsp3) is 0.545. The lowest BCUT2D eigenvalue weighted by atomic mass is 9.77. The lowest BCUT2D eigenvalue weighted by molar-refractivity contribution is 0.235. The molecule has 0 amide bonds. The maximum absolute atomic E-state index is 6.29. The Morgan fingerprint density at radius 2 is 2.06 bits per heavy atom. The second-order valence-corrected chi connectivity index (χ2v) is 4.67. The topological polar surface area (TPSA) is 69.1 Å². The van der Waals surface area contributed by atoms with E-state index in [0.717, 1.165) is 35.8 Å². The summed E-state index contributed by atoms with van der Waals surface area (Å²) < 4.78 is 1.98. The van der Waals surface area contributed by atoms with Crippen molar-refractivity contribution in [2.45, 2.75) is 38.6 Å². The van der Waals surface area contributed by atoms with E-state index in [-0.39, 0.29) is 5.54 Å². The van der Waals surface area contributed by atoms with Crippen LogP contribution in [0.5, 0.6) is 0 Å². The zero-order valence-electron chi connectivity index (χ0n) is 9.56. The standard InChI is InChI=1S/C11H15N5/c1-7-6-9-14-15-10(11(12)4-3-5-11)16(9)8(2)13-7/h6H,3-5,12H2,1-2H3. The van der Waals surface area contributed by atoms with Crippen LogP contribution in [0.1, 0.15) is 36.6 Å². The molecule has 5 heteroatoms. The number of nitrogens with two attached hydrogens (primary N) is 1. The fourth-order valence-electron chi connectivity index (χ4n) is 2.34. The zero-order valence-corrected chi connectivity index (χ0v) is 9.56. The van der Waals surface area contributed by atoms with Gasteiger partial charge >= 0.3 is 0 Å². The van der Waals surface area contributed by atoms with Gasteiger partial charge in [0.1, 0.15) is 5.82 Å². The van der Waals surface area contributed by atoms with E-state index in [9.17, 15) is 0 Å². The number of hydrogen-bond donors (Lipinski definition) is 1. The Labute approximate surface area is 93.7 Å². The average Bonchev–Trinajstić information content (AvgIpc) is 2.58. The summed E-state index contributed by atoms with van der Waals surface area (Å²) in [4.78, 5) is 4.43. The summed E-state index contributed by atoms with van der Waals surface area (Å²) in [5.74, 6) is 1.77. The number of hydrogen-bond acceptors (Lipinski definition) is 4. The predicted octanol–water partition coefficient (Wildman–Crippen LogP) is 1.08. The van der Waals surface area contributed by atoms with Crippen LogP contribution < -0.4 is 5.73 Å². The van der Waals surface area contributed by atoms with E-state index in [4.69, 9.17) is 5.73 Å². The molecule has 2 aromatic heterocycles. The van der Waals surface area contributed by atoms with Crippen LogP contribution in [-0.2, 0) is 5.54 Å². The third kappa shape index (κ3) is 1.18. The Balaban J connectivity index is 2.27. The monoisotopic (exact) mass is 217 g/mol. The van der Waals surface area contributed by atoms with Crippen molar-refractivity contribution in [2.75, 3.05) is 0 Å². The number of nitrogens with zero attached hydrogens (tertiary/aromatic N) is 4. The van der Waals surface area contributed by atoms with Crippen molar-refractivity contribution in [2.24, 2.45) is 5.73 Å². The highest BCUT2D eigenvalue weighted by Crippen LogP contribution is 2.37. The Morgan fingerprint density at radius 3 is 2.69 bits per heavy atom. The zero-order chi connectivity index (χ0) is 11.3. The summed E-state index contributed by atoms with van der Waals surface area (Å²) in [7, 11) is 0. The summed E-state index contributed by atoms with van der Waals surface area (Å²) in [5.41, 5.74) is 7.81. The van der Waals surface area contributed by atoms with Gasteiger partial charge in [-0.1, -0.05) is 0 Å². The molecule has 1 aliphatic carbocycles. The van der Waals surface area contributed by atoms with Gasteiger partial charge < -0.3 is 5.73 Å². The molecule has 0 bridgehead atoms. The van der Waals surface area contributed by atoms with Gasteiger partial charge in [-0.2, -0.15) is 0 Å². The molecule has 0 aromatic carbocycles. The van der Waals surface area contributed by atoms with Crippen LogP contribution >= 0.6 is 0 Å². The molecule has 0 aliphatic heterocycles. The third-order valence-electron chi connectivity index (χ3n) is 3.38. The normalized spacial score (nSPS) is 18.7. The average molecular weight is 217 g/mol. The van der Waals surface area contributed by atoms with Crippen LogP contribution in [0.2, 0.25) is 0 Å². The van der Waals surface area contributed by atoms with Crippen molar-refractivity contribution < 1.29 is 0 Å². The number of fused-ring (bicyclic) bond motifs is 1. The number of rotatable bonds is 1. The van der Waals surface area contributed by atoms with Crippen LogP contribution in [0.25, 0.3) is 5.65 Å². The molecule has 3 rings (SSSR count). The largest absolute Gasteiger partial charge is 0.319 e. The molecular formula is C11H15N5. The molecule has 2 aromatic rings. The first-order chi connectivity index (χ1) is 7.60. The molecule has 0 unspecified atom stereocenters. The van der Waals surface area contributed by atoms with Gasteiger partial charge in [0.25, 0.3) is 0 Å². The highest BCUT2D eigenvalue weighted by molar-refractivity contribution is 5.41. The van der Waals surface area contributed by atoms with Gasteiger partial charge in [0.15, 0.2) is 11.5 Å². The minimum Gasteiger partial charge on any atom is -0.319 e. The van der Waals surface area contributed by atoms with E-state index in [2.05, 4.69) is 15.2 Å². The molecule has 2 N–H and O–H groups in total. The Kier molecular flexibility index (Phi) is 1.83. The van der Waals surface area contributed by atoms with E-state index in [1.54, 1.807) is 0 Å². The molecule has 2 heterocycles. The van der Waals surface area contributed by atoms with Crippen molar-refractivity contribution >= 4 is 5.65 Å². The Hall–Kier alpha value is -1.49. The predicted molar refractivity (Wildman–Crippen MR) is 60.0 cm³/mol. The second kappa shape index (κ2) is 3.01. The van der Waals surface area contributed by atoms with Crippen molar-refractivity contribution in [1.29, 1.82) is 0 Å². The maximum atomic E-state index is 6.29. The quantitative estimate of drug-likeness (QED) is 0.776. The van der Waals surface area contributed by atoms with Crippen LogP contribution in [0, 0.1) is 13.8 Å². The summed E-state index contributed by atoms with van der Waals surface area (Å²) in [5, 5.41) is 8.42. The molecule has 1 aliphatic rings. The molecule has 0 saturated heterocycles. The van der Waals surface area contributed by atoms with Gasteiger partial charge in [-0.15, -0.1) is 10.2 Å². The van der Waals surface area contributed by atoms with Gasteiger partial charge in [-0.3, -0.25) is 4.40 Å². The summed E-state index contributed by atoms with van der Waals surface area (Å²) in [6, 6.07) is 1.94. The van der Waals surface area contributed by atoms with E-state index in [1.807, 2.05) is 24.3 Å². The van der Waals surface area contributed by atoms with Crippen LogP contribution in [0.15, 0.2) is 6.07 Å². The maximum Gasteiger partial charge on any atom is 0.164 e. The van der Waals surface area contributed by atoms with Crippen molar-refractivity contribution in [3.63, 3.8) is 0 Å². The SMILES string of the molecule is Cc1cc2nnc(C3(N)CCC3)n2c(C)n1. The molecule has 0 atom stereocenters. The van der Waals surface area contributed by atoms with Crippen molar-refractivity contribution in [3.05, 3.63) is 23.4 Å². The Bertz CT molecular complexity index is 553. The molecular weight excluding hydrogens is 202 g/mol. The third-order valence-corrected chi connectivity index (χ3v) is 3.38. The van der Waals surface area contributed by atoms with E-state index < -0.39 is 0 Å². The molecule has 16 heavy (non-hydrogen) atoms. The minimum absolute atomic E-state index is 0.291. The fourth-order valence-corrected chi connectivity index (χ4v) is 2.34. The first-order valence-electron chi connectivity index (χ1n) is 5.59. The van der Waals surface area contributed by atoms with Gasteiger partial charge in [0.05, 0.1) is 5.54 Å². The van der Waals surface area contributed by atoms with Gasteiger partial charge in [0, 0.05) is 11.8 Å². The Morgan fingerprint density at radius 1 is 1.31 bits per heavy atom. The minimum atomic E-state index is -0.291. The molecule has 84 valence electrons.